The number of carbonyl (C=O) groups is 2. The standard InChI is InChI=1S/C19H29NO5/c1-4-23-17(22)13-9-19(3)15(25-19)8-12(13)16(21)20-10-11-5-6-18(2)14(7-11)24-18/h11-15H,4-10H2,1-3H3,(H,20,21). The first-order valence-corrected chi connectivity index (χ1v) is 9.64. The minimum Gasteiger partial charge on any atom is -0.466 e. The van der Waals surface area contributed by atoms with E-state index in [1.165, 1.54) is 0 Å². The molecule has 2 saturated heterocycles. The van der Waals surface area contributed by atoms with E-state index in [-0.39, 0.29) is 35.1 Å². The molecule has 1 amide bonds. The molecule has 0 spiro atoms. The highest BCUT2D eigenvalue weighted by Crippen LogP contribution is 2.52. The van der Waals surface area contributed by atoms with Crippen molar-refractivity contribution in [2.45, 2.75) is 76.3 Å². The molecule has 6 nitrogen and oxygen atoms in total. The quantitative estimate of drug-likeness (QED) is 0.603. The summed E-state index contributed by atoms with van der Waals surface area (Å²) in [7, 11) is 0. The van der Waals surface area contributed by atoms with Crippen LogP contribution >= 0.6 is 0 Å². The van der Waals surface area contributed by atoms with Crippen LogP contribution in [0.2, 0.25) is 0 Å². The smallest absolute Gasteiger partial charge is 0.309 e. The average molecular weight is 351 g/mol. The number of carbonyl (C=O) groups excluding carboxylic acids is 2. The summed E-state index contributed by atoms with van der Waals surface area (Å²) in [5.74, 6) is -0.564. The van der Waals surface area contributed by atoms with Gasteiger partial charge in [-0.25, -0.2) is 0 Å². The molecule has 7 atom stereocenters. The summed E-state index contributed by atoms with van der Waals surface area (Å²) in [5.41, 5.74) is -0.141. The highest BCUT2D eigenvalue weighted by atomic mass is 16.6. The fraction of sp³-hybridized carbons (Fsp3) is 0.895. The van der Waals surface area contributed by atoms with E-state index in [1.54, 1.807) is 6.92 Å². The normalized spacial score (nSPS) is 47.2. The molecule has 4 fully saturated rings. The van der Waals surface area contributed by atoms with Crippen LogP contribution in [0.25, 0.3) is 0 Å². The first kappa shape index (κ1) is 17.3. The SMILES string of the molecule is CCOC(=O)C1CC2(C)OC2CC1C(=O)NCC1CCC2(C)OC2C1. The van der Waals surface area contributed by atoms with E-state index in [2.05, 4.69) is 12.2 Å². The number of hydrogen-bond donors (Lipinski definition) is 1. The van der Waals surface area contributed by atoms with Gasteiger partial charge in [0.2, 0.25) is 5.91 Å². The third kappa shape index (κ3) is 3.19. The van der Waals surface area contributed by atoms with E-state index in [0.29, 0.717) is 38.0 Å². The third-order valence-corrected chi connectivity index (χ3v) is 6.74. The largest absolute Gasteiger partial charge is 0.466 e. The second-order valence-corrected chi connectivity index (χ2v) is 8.63. The Kier molecular flexibility index (Phi) is 4.11. The van der Waals surface area contributed by atoms with Gasteiger partial charge < -0.3 is 19.5 Å². The number of hydrogen-bond acceptors (Lipinski definition) is 5. The lowest BCUT2D eigenvalue weighted by Gasteiger charge is -2.30. The number of epoxide rings is 2. The van der Waals surface area contributed by atoms with E-state index in [4.69, 9.17) is 14.2 Å². The molecule has 140 valence electrons. The van der Waals surface area contributed by atoms with Crippen LogP contribution in [0, 0.1) is 17.8 Å². The van der Waals surface area contributed by atoms with Crippen LogP contribution in [0.3, 0.4) is 0 Å². The topological polar surface area (TPSA) is 80.5 Å². The molecule has 0 aromatic rings. The predicted molar refractivity (Wildman–Crippen MR) is 89.8 cm³/mol. The second-order valence-electron chi connectivity index (χ2n) is 8.63. The monoisotopic (exact) mass is 351 g/mol. The lowest BCUT2D eigenvalue weighted by Crippen LogP contribution is -2.45. The Bertz CT molecular complexity index is 580. The molecule has 2 saturated carbocycles. The van der Waals surface area contributed by atoms with E-state index < -0.39 is 5.92 Å². The van der Waals surface area contributed by atoms with Crippen LogP contribution in [-0.2, 0) is 23.8 Å². The molecule has 0 aromatic carbocycles. The summed E-state index contributed by atoms with van der Waals surface area (Å²) in [5, 5.41) is 3.09. The molecule has 2 aliphatic heterocycles. The van der Waals surface area contributed by atoms with Gasteiger partial charge in [0, 0.05) is 6.54 Å². The molecule has 25 heavy (non-hydrogen) atoms. The minimum atomic E-state index is -0.398. The number of rotatable bonds is 5. The maximum Gasteiger partial charge on any atom is 0.309 e. The fourth-order valence-corrected chi connectivity index (χ4v) is 4.81. The van der Waals surface area contributed by atoms with Crippen molar-refractivity contribution >= 4 is 11.9 Å². The third-order valence-electron chi connectivity index (χ3n) is 6.74. The van der Waals surface area contributed by atoms with Gasteiger partial charge in [0.25, 0.3) is 0 Å². The van der Waals surface area contributed by atoms with Gasteiger partial charge in [-0.15, -0.1) is 0 Å². The van der Waals surface area contributed by atoms with Gasteiger partial charge in [-0.2, -0.15) is 0 Å². The summed E-state index contributed by atoms with van der Waals surface area (Å²) in [6.45, 7) is 7.00. The van der Waals surface area contributed by atoms with Gasteiger partial charge in [0.15, 0.2) is 0 Å². The zero-order chi connectivity index (χ0) is 17.8. The lowest BCUT2D eigenvalue weighted by atomic mass is 9.74. The summed E-state index contributed by atoms with van der Waals surface area (Å²) in [6, 6.07) is 0. The number of amides is 1. The van der Waals surface area contributed by atoms with Gasteiger partial charge in [-0.3, -0.25) is 9.59 Å². The molecular weight excluding hydrogens is 322 g/mol. The first-order chi connectivity index (χ1) is 11.8. The lowest BCUT2D eigenvalue weighted by molar-refractivity contribution is -0.154. The molecule has 0 radical (unpaired) electrons. The summed E-state index contributed by atoms with van der Waals surface area (Å²) >= 11 is 0. The molecule has 0 aromatic heterocycles. The highest BCUT2D eigenvalue weighted by molar-refractivity contribution is 5.86. The Morgan fingerprint density at radius 1 is 1.12 bits per heavy atom. The molecule has 2 heterocycles. The van der Waals surface area contributed by atoms with Gasteiger partial charge in [0.05, 0.1) is 41.9 Å². The van der Waals surface area contributed by atoms with Crippen LogP contribution < -0.4 is 5.32 Å². The summed E-state index contributed by atoms with van der Waals surface area (Å²) in [4.78, 5) is 25.1. The van der Waals surface area contributed by atoms with E-state index in [1.807, 2.05) is 6.92 Å². The van der Waals surface area contributed by atoms with Gasteiger partial charge in [0.1, 0.15) is 0 Å². The molecule has 1 N–H and O–H groups in total. The summed E-state index contributed by atoms with van der Waals surface area (Å²) in [6.07, 6.45) is 4.83. The van der Waals surface area contributed by atoms with Crippen LogP contribution in [0.15, 0.2) is 0 Å². The van der Waals surface area contributed by atoms with Crippen molar-refractivity contribution in [1.29, 1.82) is 0 Å². The Hall–Kier alpha value is -1.14. The molecular formula is C19H29NO5. The van der Waals surface area contributed by atoms with E-state index in [0.717, 1.165) is 19.3 Å². The molecule has 4 aliphatic rings. The average Bonchev–Trinajstić information content (AvgIpc) is 3.43. The van der Waals surface area contributed by atoms with Crippen molar-refractivity contribution in [3.63, 3.8) is 0 Å². The number of ether oxygens (including phenoxy) is 3. The molecule has 6 heteroatoms. The molecule has 7 unspecified atom stereocenters. The van der Waals surface area contributed by atoms with Crippen molar-refractivity contribution in [2.24, 2.45) is 17.8 Å². The van der Waals surface area contributed by atoms with Crippen molar-refractivity contribution in [3.05, 3.63) is 0 Å². The van der Waals surface area contributed by atoms with Gasteiger partial charge >= 0.3 is 5.97 Å². The number of nitrogens with one attached hydrogen (secondary N) is 1. The maximum atomic E-state index is 12.8. The number of fused-ring (bicyclic) bond motifs is 2. The van der Waals surface area contributed by atoms with Crippen molar-refractivity contribution in [1.82, 2.24) is 5.32 Å². The Labute approximate surface area is 148 Å². The fourth-order valence-electron chi connectivity index (χ4n) is 4.81. The van der Waals surface area contributed by atoms with Crippen LogP contribution in [0.4, 0.5) is 0 Å². The minimum absolute atomic E-state index is 0.0272. The Balaban J connectivity index is 1.33. The van der Waals surface area contributed by atoms with E-state index in [9.17, 15) is 9.59 Å². The molecule has 4 rings (SSSR count). The van der Waals surface area contributed by atoms with Crippen LogP contribution in [0.5, 0.6) is 0 Å². The van der Waals surface area contributed by atoms with Gasteiger partial charge in [-0.05, 0) is 58.8 Å². The van der Waals surface area contributed by atoms with Crippen molar-refractivity contribution in [3.8, 4) is 0 Å². The number of esters is 1. The molecule has 0 bridgehead atoms. The zero-order valence-corrected chi connectivity index (χ0v) is 15.4. The molecule has 2 aliphatic carbocycles. The Morgan fingerprint density at radius 3 is 2.56 bits per heavy atom. The maximum absolute atomic E-state index is 12.8. The zero-order valence-electron chi connectivity index (χ0n) is 15.4. The highest BCUT2D eigenvalue weighted by Gasteiger charge is 2.61. The van der Waals surface area contributed by atoms with Gasteiger partial charge in [-0.1, -0.05) is 0 Å². The predicted octanol–water partition coefficient (Wildman–Crippen LogP) is 1.81. The summed E-state index contributed by atoms with van der Waals surface area (Å²) < 4.78 is 16.7. The first-order valence-electron chi connectivity index (χ1n) is 9.64. The van der Waals surface area contributed by atoms with Crippen LogP contribution in [0.1, 0.15) is 52.9 Å². The Morgan fingerprint density at radius 2 is 1.84 bits per heavy atom. The van der Waals surface area contributed by atoms with Crippen molar-refractivity contribution < 1.29 is 23.8 Å². The second kappa shape index (κ2) is 5.95. The van der Waals surface area contributed by atoms with Crippen molar-refractivity contribution in [2.75, 3.05) is 13.2 Å². The van der Waals surface area contributed by atoms with Crippen LogP contribution in [-0.4, -0.2) is 48.4 Å². The van der Waals surface area contributed by atoms with E-state index >= 15 is 0 Å².